The van der Waals surface area contributed by atoms with Crippen molar-refractivity contribution >= 4 is 18.0 Å². The van der Waals surface area contributed by atoms with Crippen molar-refractivity contribution < 1.29 is 29.0 Å². The highest BCUT2D eigenvalue weighted by atomic mass is 16.6. The molecule has 0 saturated heterocycles. The van der Waals surface area contributed by atoms with Crippen molar-refractivity contribution in [1.82, 2.24) is 5.32 Å². The summed E-state index contributed by atoms with van der Waals surface area (Å²) in [5.41, 5.74) is 5.65. The first-order valence-electron chi connectivity index (χ1n) is 16.9. The summed E-state index contributed by atoms with van der Waals surface area (Å²) in [6.45, 7) is 8.42. The van der Waals surface area contributed by atoms with Crippen LogP contribution < -0.4 is 11.1 Å². The van der Waals surface area contributed by atoms with E-state index in [4.69, 9.17) is 20.3 Å². The predicted octanol–water partition coefficient (Wildman–Crippen LogP) is 9.38. The molecule has 0 aliphatic heterocycles. The third kappa shape index (κ3) is 34.3. The van der Waals surface area contributed by atoms with Gasteiger partial charge in [-0.25, -0.2) is 4.79 Å². The largest absolute Gasteiger partial charge is 0.465 e. The van der Waals surface area contributed by atoms with Gasteiger partial charge in [0.05, 0.1) is 0 Å². The van der Waals surface area contributed by atoms with E-state index in [2.05, 4.69) is 19.2 Å². The Morgan fingerprint density at radius 3 is 1.29 bits per heavy atom. The summed E-state index contributed by atoms with van der Waals surface area (Å²) in [5, 5.41) is 10.9. The van der Waals surface area contributed by atoms with Crippen LogP contribution in [0.25, 0.3) is 0 Å². The number of carboxylic acid groups (broad SMARTS) is 1. The number of unbranched alkanes of at least 4 members (excludes halogenated alkanes) is 16. The summed E-state index contributed by atoms with van der Waals surface area (Å²) >= 11 is 0. The zero-order chi connectivity index (χ0) is 31.0. The molecule has 244 valence electrons. The van der Waals surface area contributed by atoms with Gasteiger partial charge in [-0.1, -0.05) is 143 Å². The topological polar surface area (TPSA) is 128 Å². The molecule has 0 aliphatic carbocycles. The van der Waals surface area contributed by atoms with Gasteiger partial charge < -0.3 is 14.6 Å². The molecule has 0 aromatic carbocycles. The average molecular weight is 587 g/mol. The number of rotatable bonds is 27. The number of amides is 1. The molecule has 0 spiro atoms. The van der Waals surface area contributed by atoms with Gasteiger partial charge in [0.1, 0.15) is 0 Å². The lowest BCUT2D eigenvalue weighted by atomic mass is 10.1. The Kier molecular flexibility index (Phi) is 32.9. The smallest absolute Gasteiger partial charge is 0.407 e. The van der Waals surface area contributed by atoms with E-state index in [-0.39, 0.29) is 11.9 Å². The van der Waals surface area contributed by atoms with E-state index < -0.39 is 18.5 Å². The standard InChI is InChI=1S/C17H33NO4.C16H33NO2/c1-3-5-6-7-8-9-10-11-12-14-16(19)22-15(13-4-2)18-17(20)21;1-3-5-6-7-8-9-10-11-12-14-16(18)19-15(17)13-4-2/h15,18H,3-14H2,1-2H3,(H,20,21);15H,3-14,17H2,1-2H3. The van der Waals surface area contributed by atoms with E-state index in [9.17, 15) is 14.4 Å². The van der Waals surface area contributed by atoms with E-state index in [1.807, 2.05) is 13.8 Å². The van der Waals surface area contributed by atoms with Gasteiger partial charge in [-0.05, 0) is 19.3 Å². The highest BCUT2D eigenvalue weighted by Gasteiger charge is 2.15. The van der Waals surface area contributed by atoms with Gasteiger partial charge in [0.25, 0.3) is 0 Å². The van der Waals surface area contributed by atoms with Gasteiger partial charge in [-0.3, -0.25) is 20.6 Å². The van der Waals surface area contributed by atoms with Gasteiger partial charge in [-0.15, -0.1) is 0 Å². The summed E-state index contributed by atoms with van der Waals surface area (Å²) < 4.78 is 10.2. The first-order chi connectivity index (χ1) is 19.8. The third-order valence-electron chi connectivity index (χ3n) is 6.93. The summed E-state index contributed by atoms with van der Waals surface area (Å²) in [5.74, 6) is -0.445. The quantitative estimate of drug-likeness (QED) is 0.0497. The van der Waals surface area contributed by atoms with Crippen LogP contribution in [-0.2, 0) is 19.1 Å². The SMILES string of the molecule is CCCCCCCCCCCC(=O)OC(CCC)NC(=O)O.CCCCCCCCCCCC(=O)OC(N)CCC. The van der Waals surface area contributed by atoms with Crippen molar-refractivity contribution in [3.05, 3.63) is 0 Å². The molecule has 0 heterocycles. The number of esters is 2. The van der Waals surface area contributed by atoms with E-state index in [0.29, 0.717) is 19.3 Å². The van der Waals surface area contributed by atoms with Crippen molar-refractivity contribution in [3.63, 3.8) is 0 Å². The van der Waals surface area contributed by atoms with E-state index >= 15 is 0 Å². The number of hydrogen-bond donors (Lipinski definition) is 3. The molecule has 8 heteroatoms. The van der Waals surface area contributed by atoms with Crippen molar-refractivity contribution in [2.75, 3.05) is 0 Å². The number of nitrogens with one attached hydrogen (secondary N) is 1. The molecular weight excluding hydrogens is 520 g/mol. The van der Waals surface area contributed by atoms with Gasteiger partial charge >= 0.3 is 18.0 Å². The molecular formula is C33H66N2O6. The molecule has 41 heavy (non-hydrogen) atoms. The van der Waals surface area contributed by atoms with E-state index in [1.54, 1.807) is 0 Å². The molecule has 0 rings (SSSR count). The normalized spacial score (nSPS) is 12.1. The Labute approximate surface area is 252 Å². The Morgan fingerprint density at radius 1 is 0.561 bits per heavy atom. The second-order valence-electron chi connectivity index (χ2n) is 11.2. The molecule has 0 saturated carbocycles. The Bertz CT molecular complexity index is 602. The maximum absolute atomic E-state index is 11.7. The molecule has 0 radical (unpaired) electrons. The molecule has 2 atom stereocenters. The van der Waals surface area contributed by atoms with E-state index in [1.165, 1.54) is 83.5 Å². The molecule has 0 aliphatic rings. The van der Waals surface area contributed by atoms with Crippen LogP contribution in [0.4, 0.5) is 4.79 Å². The minimum atomic E-state index is -1.16. The molecule has 0 aromatic rings. The number of carbonyl (C=O) groups is 3. The summed E-state index contributed by atoms with van der Waals surface area (Å²) in [6.07, 6.45) is 23.7. The number of nitrogens with two attached hydrogens (primary N) is 1. The minimum Gasteiger partial charge on any atom is -0.465 e. The molecule has 0 aromatic heterocycles. The number of hydrogen-bond acceptors (Lipinski definition) is 6. The minimum absolute atomic E-state index is 0.135. The number of ether oxygens (including phenoxy) is 2. The van der Waals surface area contributed by atoms with Crippen molar-refractivity contribution in [3.8, 4) is 0 Å². The molecule has 0 fully saturated rings. The summed E-state index contributed by atoms with van der Waals surface area (Å²) in [6, 6.07) is 0. The number of carbonyl (C=O) groups excluding carboxylic acids is 2. The average Bonchev–Trinajstić information content (AvgIpc) is 2.91. The maximum Gasteiger partial charge on any atom is 0.407 e. The molecule has 4 N–H and O–H groups in total. The van der Waals surface area contributed by atoms with Gasteiger partial charge in [-0.2, -0.15) is 0 Å². The first-order valence-corrected chi connectivity index (χ1v) is 16.9. The van der Waals surface area contributed by atoms with Crippen LogP contribution >= 0.6 is 0 Å². The van der Waals surface area contributed by atoms with Crippen LogP contribution in [0.2, 0.25) is 0 Å². The predicted molar refractivity (Wildman–Crippen MR) is 169 cm³/mol. The van der Waals surface area contributed by atoms with Crippen LogP contribution in [0.3, 0.4) is 0 Å². The second-order valence-corrected chi connectivity index (χ2v) is 11.2. The monoisotopic (exact) mass is 586 g/mol. The first kappa shape index (κ1) is 41.3. The molecule has 8 nitrogen and oxygen atoms in total. The van der Waals surface area contributed by atoms with Crippen molar-refractivity contribution in [2.45, 2.75) is 194 Å². The third-order valence-corrected chi connectivity index (χ3v) is 6.93. The van der Waals surface area contributed by atoms with Gasteiger partial charge in [0, 0.05) is 19.3 Å². The highest BCUT2D eigenvalue weighted by Crippen LogP contribution is 2.12. The van der Waals surface area contributed by atoms with Crippen LogP contribution in [0.15, 0.2) is 0 Å². The van der Waals surface area contributed by atoms with Gasteiger partial charge in [0.15, 0.2) is 12.5 Å². The molecule has 1 amide bonds. The summed E-state index contributed by atoms with van der Waals surface area (Å²) in [4.78, 5) is 33.7. The van der Waals surface area contributed by atoms with Crippen molar-refractivity contribution in [2.24, 2.45) is 5.73 Å². The van der Waals surface area contributed by atoms with Crippen LogP contribution in [0.5, 0.6) is 0 Å². The lowest BCUT2D eigenvalue weighted by molar-refractivity contribution is -0.151. The fourth-order valence-electron chi connectivity index (χ4n) is 4.51. The molecule has 2 unspecified atom stereocenters. The second kappa shape index (κ2) is 32.7. The van der Waals surface area contributed by atoms with E-state index in [0.717, 1.165) is 51.4 Å². The van der Waals surface area contributed by atoms with Crippen molar-refractivity contribution in [1.29, 1.82) is 0 Å². The lowest BCUT2D eigenvalue weighted by Crippen LogP contribution is -2.37. The summed E-state index contributed by atoms with van der Waals surface area (Å²) in [7, 11) is 0. The van der Waals surface area contributed by atoms with Crippen LogP contribution in [0.1, 0.15) is 182 Å². The maximum atomic E-state index is 11.7. The van der Waals surface area contributed by atoms with Crippen LogP contribution in [-0.4, -0.2) is 35.6 Å². The molecule has 0 bridgehead atoms. The fraction of sp³-hybridized carbons (Fsp3) is 0.909. The Morgan fingerprint density at radius 2 is 0.927 bits per heavy atom. The zero-order valence-corrected chi connectivity index (χ0v) is 27.2. The highest BCUT2D eigenvalue weighted by molar-refractivity contribution is 5.70. The van der Waals surface area contributed by atoms with Gasteiger partial charge in [0.2, 0.25) is 0 Å². The van der Waals surface area contributed by atoms with Crippen LogP contribution in [0, 0.1) is 0 Å². The Hall–Kier alpha value is -1.83. The Balaban J connectivity index is 0. The zero-order valence-electron chi connectivity index (χ0n) is 27.2. The lowest BCUT2D eigenvalue weighted by Gasteiger charge is -2.16. The fourth-order valence-corrected chi connectivity index (χ4v) is 4.51.